The van der Waals surface area contributed by atoms with Crippen LogP contribution in [0, 0.1) is 0 Å². The van der Waals surface area contributed by atoms with E-state index in [1.54, 1.807) is 6.07 Å². The van der Waals surface area contributed by atoms with E-state index in [4.69, 9.17) is 9.84 Å². The molecule has 0 bridgehead atoms. The van der Waals surface area contributed by atoms with Crippen molar-refractivity contribution < 1.29 is 9.53 Å². The molecule has 3 aromatic rings. The van der Waals surface area contributed by atoms with Gasteiger partial charge in [0.25, 0.3) is 5.91 Å². The van der Waals surface area contributed by atoms with Crippen LogP contribution >= 0.6 is 0 Å². The van der Waals surface area contributed by atoms with E-state index < -0.39 is 0 Å². The molecule has 0 aliphatic carbocycles. The average molecular weight is 406 g/mol. The number of aryl methyl sites for hydroxylation is 1. The van der Waals surface area contributed by atoms with Gasteiger partial charge in [0, 0.05) is 55.3 Å². The Kier molecular flexibility index (Phi) is 5.23. The Morgan fingerprint density at radius 2 is 2.17 bits per heavy atom. The number of pyridine rings is 1. The number of hydrogen-bond donors (Lipinski definition) is 1. The Bertz CT molecular complexity index is 1080. The number of carbonyl (C=O) groups excluding carboxylic acids is 1. The lowest BCUT2D eigenvalue weighted by Crippen LogP contribution is -2.37. The van der Waals surface area contributed by atoms with Crippen molar-refractivity contribution in [1.82, 2.24) is 25.0 Å². The molecule has 0 spiro atoms. The van der Waals surface area contributed by atoms with Crippen molar-refractivity contribution in [2.75, 3.05) is 19.7 Å². The van der Waals surface area contributed by atoms with Crippen LogP contribution in [0.25, 0.3) is 10.9 Å². The van der Waals surface area contributed by atoms with Crippen molar-refractivity contribution in [3.8, 4) is 0 Å². The number of amides is 1. The highest BCUT2D eigenvalue weighted by Crippen LogP contribution is 2.23. The van der Waals surface area contributed by atoms with Crippen LogP contribution in [-0.4, -0.2) is 51.3 Å². The van der Waals surface area contributed by atoms with E-state index in [1.165, 1.54) is 11.3 Å². The van der Waals surface area contributed by atoms with Gasteiger partial charge >= 0.3 is 0 Å². The van der Waals surface area contributed by atoms with Crippen LogP contribution in [-0.2, 0) is 30.9 Å². The highest BCUT2D eigenvalue weighted by molar-refractivity contribution is 5.95. The summed E-state index contributed by atoms with van der Waals surface area (Å²) in [6.45, 7) is 7.04. The maximum atomic E-state index is 12.7. The van der Waals surface area contributed by atoms with Crippen LogP contribution in [0.2, 0.25) is 0 Å². The number of rotatable bonds is 5. The highest BCUT2D eigenvalue weighted by atomic mass is 16.5. The van der Waals surface area contributed by atoms with Crippen molar-refractivity contribution in [2.45, 2.75) is 45.5 Å². The zero-order chi connectivity index (χ0) is 20.5. The van der Waals surface area contributed by atoms with Gasteiger partial charge in [-0.1, -0.05) is 24.3 Å². The number of carbonyl (C=O) groups is 1. The molecule has 2 aliphatic heterocycles. The number of hydrogen-bond acceptors (Lipinski definition) is 5. The Labute approximate surface area is 176 Å². The van der Waals surface area contributed by atoms with Gasteiger partial charge in [-0.25, -0.2) is 4.98 Å². The normalized spacial score (nSPS) is 19.2. The molecule has 7 heteroatoms. The van der Waals surface area contributed by atoms with Crippen molar-refractivity contribution in [3.05, 3.63) is 59.0 Å². The SMILES string of the molecule is CCn1nc(CN2CCC(NC(=O)c3ccc4ccccc4n3)C2)c2c1CCOC2. The first-order chi connectivity index (χ1) is 14.7. The van der Waals surface area contributed by atoms with Crippen LogP contribution in [0.5, 0.6) is 0 Å². The summed E-state index contributed by atoms with van der Waals surface area (Å²) in [7, 11) is 0. The molecule has 1 N–H and O–H groups in total. The van der Waals surface area contributed by atoms with Crippen LogP contribution < -0.4 is 5.32 Å². The second-order valence-electron chi connectivity index (χ2n) is 8.07. The highest BCUT2D eigenvalue weighted by Gasteiger charge is 2.28. The van der Waals surface area contributed by atoms with E-state index in [1.807, 2.05) is 30.3 Å². The summed E-state index contributed by atoms with van der Waals surface area (Å²) in [5.74, 6) is -0.103. The summed E-state index contributed by atoms with van der Waals surface area (Å²) in [6, 6.07) is 11.7. The number of likely N-dealkylation sites (tertiary alicyclic amines) is 1. The number of nitrogens with one attached hydrogen (secondary N) is 1. The summed E-state index contributed by atoms with van der Waals surface area (Å²) in [6.07, 6.45) is 1.88. The minimum absolute atomic E-state index is 0.103. The van der Waals surface area contributed by atoms with Gasteiger partial charge in [0.2, 0.25) is 0 Å². The summed E-state index contributed by atoms with van der Waals surface area (Å²) >= 11 is 0. The fourth-order valence-electron chi connectivity index (χ4n) is 4.52. The molecule has 1 saturated heterocycles. The lowest BCUT2D eigenvalue weighted by Gasteiger charge is -2.18. The Morgan fingerprint density at radius 3 is 3.07 bits per heavy atom. The maximum absolute atomic E-state index is 12.7. The first-order valence-corrected chi connectivity index (χ1v) is 10.8. The van der Waals surface area contributed by atoms with Gasteiger partial charge in [-0.15, -0.1) is 0 Å². The molecule has 1 fully saturated rings. The third-order valence-corrected chi connectivity index (χ3v) is 6.09. The summed E-state index contributed by atoms with van der Waals surface area (Å²) in [4.78, 5) is 19.6. The molecule has 1 amide bonds. The molecule has 156 valence electrons. The first-order valence-electron chi connectivity index (χ1n) is 10.8. The molecular weight excluding hydrogens is 378 g/mol. The molecule has 5 rings (SSSR count). The first kappa shape index (κ1) is 19.2. The Balaban J connectivity index is 1.23. The molecule has 30 heavy (non-hydrogen) atoms. The predicted octanol–water partition coefficient (Wildman–Crippen LogP) is 2.53. The van der Waals surface area contributed by atoms with Crippen molar-refractivity contribution in [3.63, 3.8) is 0 Å². The van der Waals surface area contributed by atoms with Gasteiger partial charge in [0.15, 0.2) is 0 Å². The smallest absolute Gasteiger partial charge is 0.270 e. The van der Waals surface area contributed by atoms with Crippen LogP contribution in [0.15, 0.2) is 36.4 Å². The van der Waals surface area contributed by atoms with Gasteiger partial charge in [0.1, 0.15) is 5.69 Å². The maximum Gasteiger partial charge on any atom is 0.270 e. The van der Waals surface area contributed by atoms with Crippen LogP contribution in [0.4, 0.5) is 0 Å². The molecule has 2 aliphatic rings. The second kappa shape index (κ2) is 8.16. The molecule has 2 aromatic heterocycles. The number of nitrogens with zero attached hydrogens (tertiary/aromatic N) is 4. The Hall–Kier alpha value is -2.77. The lowest BCUT2D eigenvalue weighted by atomic mass is 10.1. The van der Waals surface area contributed by atoms with Crippen molar-refractivity contribution in [2.24, 2.45) is 0 Å². The lowest BCUT2D eigenvalue weighted by molar-refractivity contribution is 0.0933. The monoisotopic (exact) mass is 405 g/mol. The number of fused-ring (bicyclic) bond motifs is 2. The summed E-state index contributed by atoms with van der Waals surface area (Å²) < 4.78 is 7.80. The summed E-state index contributed by atoms with van der Waals surface area (Å²) in [5, 5.41) is 9.04. The van der Waals surface area contributed by atoms with E-state index in [2.05, 4.69) is 26.8 Å². The van der Waals surface area contributed by atoms with Gasteiger partial charge in [-0.3, -0.25) is 14.4 Å². The minimum Gasteiger partial charge on any atom is -0.376 e. The van der Waals surface area contributed by atoms with E-state index in [0.29, 0.717) is 12.3 Å². The summed E-state index contributed by atoms with van der Waals surface area (Å²) in [5.41, 5.74) is 5.02. The van der Waals surface area contributed by atoms with Gasteiger partial charge in [-0.05, 0) is 25.5 Å². The van der Waals surface area contributed by atoms with Crippen LogP contribution in [0.3, 0.4) is 0 Å². The molecule has 1 aromatic carbocycles. The van der Waals surface area contributed by atoms with E-state index >= 15 is 0 Å². The third kappa shape index (κ3) is 3.70. The Morgan fingerprint density at radius 1 is 1.27 bits per heavy atom. The molecular formula is C23H27N5O2. The van der Waals surface area contributed by atoms with E-state index in [0.717, 1.165) is 62.2 Å². The topological polar surface area (TPSA) is 72.3 Å². The number of benzene rings is 1. The van der Waals surface area contributed by atoms with Gasteiger partial charge < -0.3 is 10.1 Å². The fraction of sp³-hybridized carbons (Fsp3) is 0.435. The molecule has 4 heterocycles. The standard InChI is InChI=1S/C23H27N5O2/c1-2-28-22-10-12-30-15-18(22)21(26-28)14-27-11-9-17(13-27)24-23(29)20-8-7-16-5-3-4-6-19(16)25-20/h3-8,17H,2,9-15H2,1H3,(H,24,29). The molecule has 7 nitrogen and oxygen atoms in total. The van der Waals surface area contributed by atoms with E-state index in [9.17, 15) is 4.79 Å². The fourth-order valence-corrected chi connectivity index (χ4v) is 4.52. The molecule has 0 radical (unpaired) electrons. The average Bonchev–Trinajstić information content (AvgIpc) is 3.38. The van der Waals surface area contributed by atoms with Gasteiger partial charge in [0.05, 0.1) is 24.4 Å². The predicted molar refractivity (Wildman–Crippen MR) is 114 cm³/mol. The molecule has 1 atom stereocenters. The molecule has 0 saturated carbocycles. The zero-order valence-corrected chi connectivity index (χ0v) is 17.3. The number of ether oxygens (including phenoxy) is 1. The van der Waals surface area contributed by atoms with Crippen molar-refractivity contribution >= 4 is 16.8 Å². The molecule has 1 unspecified atom stereocenters. The number of aromatic nitrogens is 3. The van der Waals surface area contributed by atoms with E-state index in [-0.39, 0.29) is 11.9 Å². The quantitative estimate of drug-likeness (QED) is 0.706. The second-order valence-corrected chi connectivity index (χ2v) is 8.07. The zero-order valence-electron chi connectivity index (χ0n) is 17.3. The third-order valence-electron chi connectivity index (χ3n) is 6.09. The minimum atomic E-state index is -0.103. The van der Waals surface area contributed by atoms with Crippen molar-refractivity contribution in [1.29, 1.82) is 0 Å². The number of para-hydroxylation sites is 1. The van der Waals surface area contributed by atoms with Crippen LogP contribution in [0.1, 0.15) is 40.8 Å². The largest absolute Gasteiger partial charge is 0.376 e. The van der Waals surface area contributed by atoms with Gasteiger partial charge in [-0.2, -0.15) is 5.10 Å².